The number of piperidine rings is 1. The Morgan fingerprint density at radius 1 is 1.05 bits per heavy atom. The first kappa shape index (κ1) is 25.2. The van der Waals surface area contributed by atoms with Gasteiger partial charge in [0.15, 0.2) is 5.65 Å². The number of H-pyrrole nitrogens is 1. The van der Waals surface area contributed by atoms with E-state index in [9.17, 15) is 9.59 Å². The molecule has 39 heavy (non-hydrogen) atoms. The van der Waals surface area contributed by atoms with Gasteiger partial charge in [-0.1, -0.05) is 0 Å². The summed E-state index contributed by atoms with van der Waals surface area (Å²) in [6.07, 6.45) is 11.7. The molecule has 2 fully saturated rings. The first-order chi connectivity index (χ1) is 19.0. The van der Waals surface area contributed by atoms with Crippen LogP contribution in [0.4, 0.5) is 4.79 Å². The Hall–Kier alpha value is -4.14. The van der Waals surface area contributed by atoms with E-state index in [2.05, 4.69) is 26.3 Å². The van der Waals surface area contributed by atoms with E-state index in [-0.39, 0.29) is 18.0 Å². The average molecular weight is 527 g/mol. The first-order valence-corrected chi connectivity index (χ1v) is 13.8. The van der Waals surface area contributed by atoms with Gasteiger partial charge in [0.1, 0.15) is 5.75 Å². The number of hydrogen-bond acceptors (Lipinski definition) is 5. The maximum absolute atomic E-state index is 13.1. The summed E-state index contributed by atoms with van der Waals surface area (Å²) in [6, 6.07) is 11.3. The fourth-order valence-electron chi connectivity index (χ4n) is 6.15. The summed E-state index contributed by atoms with van der Waals surface area (Å²) in [5.74, 6) is 0.972. The van der Waals surface area contributed by atoms with Crippen LogP contribution in [0.25, 0.3) is 21.9 Å². The van der Waals surface area contributed by atoms with Crippen LogP contribution in [0.15, 0.2) is 55.0 Å². The largest absolute Gasteiger partial charge is 0.493 e. The minimum Gasteiger partial charge on any atom is -0.493 e. The number of primary amides is 1. The zero-order chi connectivity index (χ0) is 26.8. The van der Waals surface area contributed by atoms with Gasteiger partial charge in [-0.3, -0.25) is 4.79 Å². The summed E-state index contributed by atoms with van der Waals surface area (Å²) < 4.78 is 5.94. The van der Waals surface area contributed by atoms with Crippen molar-refractivity contribution in [1.29, 1.82) is 0 Å². The Morgan fingerprint density at radius 3 is 2.67 bits per heavy atom. The standard InChI is InChI=1S/C30H34N6O3/c31-28(37)21-5-9-23(10-6-21)39-18-19-2-1-15-36(17-19)30(38)35-22-7-3-20(4-8-22)24-11-13-32-26-16-34-29-25(27(24)26)12-14-33-29/h5-6,9-14,16,19-20,22,32H,1-4,7-8,15,17-18H2,(H2,31,37)(H,35,38). The van der Waals surface area contributed by atoms with Gasteiger partial charge >= 0.3 is 6.03 Å². The molecule has 1 atom stereocenters. The summed E-state index contributed by atoms with van der Waals surface area (Å²) in [7, 11) is 0. The summed E-state index contributed by atoms with van der Waals surface area (Å²) in [5, 5.41) is 5.63. The van der Waals surface area contributed by atoms with Gasteiger partial charge in [0.05, 0.1) is 18.3 Å². The highest BCUT2D eigenvalue weighted by molar-refractivity contribution is 6.05. The number of nitrogens with one attached hydrogen (secondary N) is 2. The molecule has 1 unspecified atom stereocenters. The third kappa shape index (κ3) is 5.39. The summed E-state index contributed by atoms with van der Waals surface area (Å²) in [4.78, 5) is 38.5. The van der Waals surface area contributed by atoms with Gasteiger partial charge in [0, 0.05) is 53.8 Å². The number of benzene rings is 1. The molecule has 4 heterocycles. The number of nitrogens with two attached hydrogens (primary N) is 1. The SMILES string of the molecule is NC(=O)c1ccc(OCC2CCCN(C(=O)NC3CCC(c4cc[nH]c5cnc6nccc6c45)CC3)C2)cc1. The highest BCUT2D eigenvalue weighted by Crippen LogP contribution is 2.38. The van der Waals surface area contributed by atoms with E-state index in [1.54, 1.807) is 24.3 Å². The van der Waals surface area contributed by atoms with Crippen LogP contribution in [-0.4, -0.2) is 57.5 Å². The average Bonchev–Trinajstić information content (AvgIpc) is 3.46. The fraction of sp³-hybridized carbons (Fsp3) is 0.400. The van der Waals surface area contributed by atoms with Crippen molar-refractivity contribution < 1.29 is 14.3 Å². The van der Waals surface area contributed by atoms with E-state index in [0.717, 1.165) is 61.6 Å². The molecule has 9 nitrogen and oxygen atoms in total. The summed E-state index contributed by atoms with van der Waals surface area (Å²) in [6.45, 7) is 1.99. The molecule has 2 aliphatic rings. The lowest BCUT2D eigenvalue weighted by atomic mass is 9.80. The second kappa shape index (κ2) is 10.9. The second-order valence-electron chi connectivity index (χ2n) is 10.8. The van der Waals surface area contributed by atoms with Crippen LogP contribution in [0.1, 0.15) is 60.4 Å². The quantitative estimate of drug-likeness (QED) is 0.335. The molecule has 0 spiro atoms. The number of ether oxygens (including phenoxy) is 1. The zero-order valence-corrected chi connectivity index (χ0v) is 21.9. The number of amides is 3. The molecule has 3 aromatic heterocycles. The maximum Gasteiger partial charge on any atom is 0.317 e. The van der Waals surface area contributed by atoms with Crippen molar-refractivity contribution in [3.05, 3.63) is 66.1 Å². The summed E-state index contributed by atoms with van der Waals surface area (Å²) >= 11 is 0. The van der Waals surface area contributed by atoms with Crippen LogP contribution < -0.4 is 15.8 Å². The molecule has 1 saturated heterocycles. The zero-order valence-electron chi connectivity index (χ0n) is 21.9. The normalized spacial score (nSPS) is 21.6. The van der Waals surface area contributed by atoms with Gasteiger partial charge in [-0.15, -0.1) is 0 Å². The number of urea groups is 1. The van der Waals surface area contributed by atoms with Gasteiger partial charge in [0.2, 0.25) is 5.91 Å². The Bertz CT molecular complexity index is 1480. The van der Waals surface area contributed by atoms with E-state index >= 15 is 0 Å². The number of rotatable bonds is 6. The van der Waals surface area contributed by atoms with Crippen molar-refractivity contribution in [3.8, 4) is 5.75 Å². The molecule has 6 rings (SSSR count). The van der Waals surface area contributed by atoms with Gasteiger partial charge in [-0.05, 0) is 86.4 Å². The van der Waals surface area contributed by atoms with Gasteiger partial charge < -0.3 is 25.7 Å². The number of hydrogen-bond donors (Lipinski definition) is 3. The minimum atomic E-state index is -0.453. The number of nitrogens with zero attached hydrogens (tertiary/aromatic N) is 3. The van der Waals surface area contributed by atoms with Crippen LogP contribution in [0, 0.1) is 5.92 Å². The van der Waals surface area contributed by atoms with E-state index in [1.807, 2.05) is 29.6 Å². The molecule has 1 saturated carbocycles. The van der Waals surface area contributed by atoms with Crippen LogP contribution >= 0.6 is 0 Å². The third-order valence-corrected chi connectivity index (χ3v) is 8.25. The number of fused-ring (bicyclic) bond motifs is 3. The second-order valence-corrected chi connectivity index (χ2v) is 10.8. The lowest BCUT2D eigenvalue weighted by molar-refractivity contribution is 0.1000. The minimum absolute atomic E-state index is 0.0318. The van der Waals surface area contributed by atoms with Crippen LogP contribution in [0.2, 0.25) is 0 Å². The van der Waals surface area contributed by atoms with Crippen molar-refractivity contribution >= 4 is 33.9 Å². The molecule has 202 valence electrons. The van der Waals surface area contributed by atoms with E-state index < -0.39 is 5.91 Å². The number of carbonyl (C=O) groups is 2. The topological polar surface area (TPSA) is 126 Å². The molecule has 4 aromatic rings. The molecule has 1 aromatic carbocycles. The predicted molar refractivity (Wildman–Crippen MR) is 150 cm³/mol. The number of likely N-dealkylation sites (tertiary alicyclic amines) is 1. The molecular formula is C30H34N6O3. The number of aromatic amines is 1. The van der Waals surface area contributed by atoms with E-state index in [0.29, 0.717) is 30.4 Å². The predicted octanol–water partition coefficient (Wildman–Crippen LogP) is 4.74. The molecule has 1 aliphatic carbocycles. The Balaban J connectivity index is 1.02. The van der Waals surface area contributed by atoms with Crippen molar-refractivity contribution in [2.45, 2.75) is 50.5 Å². The van der Waals surface area contributed by atoms with Crippen molar-refractivity contribution in [2.75, 3.05) is 19.7 Å². The lowest BCUT2D eigenvalue weighted by Gasteiger charge is -2.35. The maximum atomic E-state index is 13.1. The van der Waals surface area contributed by atoms with Gasteiger partial charge in [-0.25, -0.2) is 14.8 Å². The van der Waals surface area contributed by atoms with E-state index in [4.69, 9.17) is 10.5 Å². The molecular weight excluding hydrogens is 492 g/mol. The first-order valence-electron chi connectivity index (χ1n) is 13.8. The Kier molecular flexibility index (Phi) is 7.04. The van der Waals surface area contributed by atoms with Crippen LogP contribution in [0.3, 0.4) is 0 Å². The number of aromatic nitrogens is 3. The van der Waals surface area contributed by atoms with Crippen LogP contribution in [-0.2, 0) is 0 Å². The molecule has 0 radical (unpaired) electrons. The van der Waals surface area contributed by atoms with Crippen molar-refractivity contribution in [3.63, 3.8) is 0 Å². The lowest BCUT2D eigenvalue weighted by Crippen LogP contribution is -2.50. The highest BCUT2D eigenvalue weighted by atomic mass is 16.5. The molecule has 9 heteroatoms. The molecule has 4 N–H and O–H groups in total. The Morgan fingerprint density at radius 2 is 1.87 bits per heavy atom. The number of carbonyl (C=O) groups excluding carboxylic acids is 2. The summed E-state index contributed by atoms with van der Waals surface area (Å²) in [5.41, 5.74) is 8.93. The fourth-order valence-corrected chi connectivity index (χ4v) is 6.15. The molecule has 0 bridgehead atoms. The molecule has 3 amide bonds. The monoisotopic (exact) mass is 526 g/mol. The third-order valence-electron chi connectivity index (χ3n) is 8.25. The number of pyridine rings is 2. The van der Waals surface area contributed by atoms with Crippen LogP contribution in [0.5, 0.6) is 5.75 Å². The smallest absolute Gasteiger partial charge is 0.317 e. The Labute approximate surface area is 227 Å². The molecule has 1 aliphatic heterocycles. The van der Waals surface area contributed by atoms with Gasteiger partial charge in [0.25, 0.3) is 0 Å². The van der Waals surface area contributed by atoms with Gasteiger partial charge in [-0.2, -0.15) is 0 Å². The highest BCUT2D eigenvalue weighted by Gasteiger charge is 2.29. The van der Waals surface area contributed by atoms with Crippen molar-refractivity contribution in [2.24, 2.45) is 11.7 Å². The van der Waals surface area contributed by atoms with Crippen molar-refractivity contribution in [1.82, 2.24) is 25.2 Å². The van der Waals surface area contributed by atoms with E-state index in [1.165, 1.54) is 10.9 Å².